The summed E-state index contributed by atoms with van der Waals surface area (Å²) in [6.07, 6.45) is 0.0779. The summed E-state index contributed by atoms with van der Waals surface area (Å²) >= 11 is 3.37. The summed E-state index contributed by atoms with van der Waals surface area (Å²) in [5, 5.41) is 0.744. The molecule has 0 aromatic carbocycles. The molecule has 0 radical (unpaired) electrons. The monoisotopic (exact) mass is 309 g/mol. The maximum Gasteiger partial charge on any atom is 0.248 e. The van der Waals surface area contributed by atoms with Gasteiger partial charge in [0.2, 0.25) is 5.91 Å². The van der Waals surface area contributed by atoms with Crippen LogP contribution in [0.2, 0.25) is 0 Å². The molecule has 0 N–H and O–H groups in total. The van der Waals surface area contributed by atoms with Crippen molar-refractivity contribution >= 4 is 21.8 Å². The number of morpholine rings is 1. The Labute approximate surface area is 111 Å². The van der Waals surface area contributed by atoms with Gasteiger partial charge in [0.1, 0.15) is 6.61 Å². The minimum absolute atomic E-state index is 0.0165. The first kappa shape index (κ1) is 14.9. The van der Waals surface area contributed by atoms with Gasteiger partial charge in [0.05, 0.1) is 32.0 Å². The Morgan fingerprint density at radius 1 is 1.53 bits per heavy atom. The van der Waals surface area contributed by atoms with Gasteiger partial charge >= 0.3 is 0 Å². The minimum Gasteiger partial charge on any atom is -0.382 e. The van der Waals surface area contributed by atoms with E-state index in [2.05, 4.69) is 15.9 Å². The van der Waals surface area contributed by atoms with E-state index in [1.54, 1.807) is 7.11 Å². The van der Waals surface area contributed by atoms with Crippen LogP contribution in [-0.2, 0) is 19.0 Å². The number of hydrogen-bond donors (Lipinski definition) is 0. The van der Waals surface area contributed by atoms with Crippen molar-refractivity contribution in [3.8, 4) is 0 Å². The van der Waals surface area contributed by atoms with Gasteiger partial charge in [-0.1, -0.05) is 15.9 Å². The summed E-state index contributed by atoms with van der Waals surface area (Å²) in [4.78, 5) is 13.7. The van der Waals surface area contributed by atoms with Gasteiger partial charge in [0.15, 0.2) is 0 Å². The predicted molar refractivity (Wildman–Crippen MR) is 67.4 cm³/mol. The fraction of sp³-hybridized carbons (Fsp3) is 0.909. The fourth-order valence-electron chi connectivity index (χ4n) is 1.64. The fourth-order valence-corrected chi connectivity index (χ4v) is 2.03. The molecule has 0 aromatic heterocycles. The Bertz CT molecular complexity index is 240. The van der Waals surface area contributed by atoms with Crippen molar-refractivity contribution in [3.05, 3.63) is 0 Å². The van der Waals surface area contributed by atoms with Gasteiger partial charge in [0, 0.05) is 19.0 Å². The van der Waals surface area contributed by atoms with Gasteiger partial charge in [-0.15, -0.1) is 0 Å². The molecule has 2 unspecified atom stereocenters. The highest BCUT2D eigenvalue weighted by molar-refractivity contribution is 9.09. The van der Waals surface area contributed by atoms with E-state index in [0.717, 1.165) is 5.33 Å². The molecule has 0 saturated carbocycles. The quantitative estimate of drug-likeness (QED) is 0.534. The zero-order valence-corrected chi connectivity index (χ0v) is 11.9. The van der Waals surface area contributed by atoms with Crippen LogP contribution in [-0.4, -0.2) is 68.4 Å². The van der Waals surface area contributed by atoms with Crippen LogP contribution in [0.4, 0.5) is 0 Å². The van der Waals surface area contributed by atoms with E-state index in [9.17, 15) is 4.79 Å². The van der Waals surface area contributed by atoms with Crippen molar-refractivity contribution in [1.29, 1.82) is 0 Å². The average molecular weight is 310 g/mol. The Balaban J connectivity index is 2.32. The molecule has 1 aliphatic heterocycles. The highest BCUT2D eigenvalue weighted by Crippen LogP contribution is 2.13. The van der Waals surface area contributed by atoms with Crippen LogP contribution in [0.5, 0.6) is 0 Å². The Morgan fingerprint density at radius 3 is 2.94 bits per heavy atom. The molecule has 1 heterocycles. The largest absolute Gasteiger partial charge is 0.382 e. The number of hydrogen-bond acceptors (Lipinski definition) is 4. The standard InChI is InChI=1S/C11H20BrNO4/c1-9-7-17-10(5-12)6-13(9)11(14)8-16-4-3-15-2/h9-10H,3-8H2,1-2H3. The average Bonchev–Trinajstić information content (AvgIpc) is 2.35. The van der Waals surface area contributed by atoms with Crippen LogP contribution in [0, 0.1) is 0 Å². The van der Waals surface area contributed by atoms with Crippen molar-refractivity contribution in [3.63, 3.8) is 0 Å². The zero-order chi connectivity index (χ0) is 12.7. The van der Waals surface area contributed by atoms with Crippen LogP contribution in [0.3, 0.4) is 0 Å². The van der Waals surface area contributed by atoms with E-state index < -0.39 is 0 Å². The maximum absolute atomic E-state index is 11.9. The number of carbonyl (C=O) groups excluding carboxylic acids is 1. The number of ether oxygens (including phenoxy) is 3. The third-order valence-electron chi connectivity index (χ3n) is 2.66. The number of amides is 1. The summed E-state index contributed by atoms with van der Waals surface area (Å²) < 4.78 is 15.6. The smallest absolute Gasteiger partial charge is 0.248 e. The van der Waals surface area contributed by atoms with E-state index in [-0.39, 0.29) is 24.7 Å². The topological polar surface area (TPSA) is 48.0 Å². The lowest BCUT2D eigenvalue weighted by molar-refractivity contribution is -0.148. The van der Waals surface area contributed by atoms with E-state index in [1.807, 2.05) is 11.8 Å². The highest BCUT2D eigenvalue weighted by atomic mass is 79.9. The molecule has 1 amide bonds. The van der Waals surface area contributed by atoms with Gasteiger partial charge < -0.3 is 19.1 Å². The molecular formula is C11H20BrNO4. The molecule has 0 spiro atoms. The molecule has 17 heavy (non-hydrogen) atoms. The molecule has 0 bridgehead atoms. The molecule has 0 aliphatic carbocycles. The second-order valence-electron chi connectivity index (χ2n) is 4.05. The molecule has 5 nitrogen and oxygen atoms in total. The molecule has 1 saturated heterocycles. The molecule has 1 aliphatic rings. The molecule has 100 valence electrons. The zero-order valence-electron chi connectivity index (χ0n) is 10.4. The van der Waals surface area contributed by atoms with E-state index >= 15 is 0 Å². The van der Waals surface area contributed by atoms with Crippen LogP contribution in [0.25, 0.3) is 0 Å². The number of nitrogens with zero attached hydrogens (tertiary/aromatic N) is 1. The van der Waals surface area contributed by atoms with Gasteiger partial charge in [-0.2, -0.15) is 0 Å². The minimum atomic E-state index is 0.0165. The van der Waals surface area contributed by atoms with Crippen molar-refractivity contribution in [2.75, 3.05) is 45.4 Å². The molecule has 1 fully saturated rings. The van der Waals surface area contributed by atoms with Crippen molar-refractivity contribution in [1.82, 2.24) is 4.90 Å². The second-order valence-corrected chi connectivity index (χ2v) is 4.70. The summed E-state index contributed by atoms with van der Waals surface area (Å²) in [7, 11) is 1.61. The molecule has 1 rings (SSSR count). The molecular weight excluding hydrogens is 290 g/mol. The SMILES string of the molecule is COCCOCC(=O)N1CC(CBr)OCC1C. The van der Waals surface area contributed by atoms with Gasteiger partial charge in [-0.3, -0.25) is 4.79 Å². The summed E-state index contributed by atoms with van der Waals surface area (Å²) in [5.41, 5.74) is 0. The number of halogens is 1. The first-order chi connectivity index (χ1) is 8.19. The molecule has 6 heteroatoms. The van der Waals surface area contributed by atoms with Crippen molar-refractivity contribution in [2.45, 2.75) is 19.1 Å². The van der Waals surface area contributed by atoms with Crippen LogP contribution < -0.4 is 0 Å². The Morgan fingerprint density at radius 2 is 2.29 bits per heavy atom. The number of carbonyl (C=O) groups is 1. The lowest BCUT2D eigenvalue weighted by Gasteiger charge is -2.37. The molecule has 2 atom stereocenters. The van der Waals surface area contributed by atoms with Gasteiger partial charge in [0.25, 0.3) is 0 Å². The Hall–Kier alpha value is -0.170. The number of methoxy groups -OCH3 is 1. The lowest BCUT2D eigenvalue weighted by atomic mass is 10.2. The summed E-state index contributed by atoms with van der Waals surface area (Å²) in [5.74, 6) is 0.0165. The van der Waals surface area contributed by atoms with E-state index in [4.69, 9.17) is 14.2 Å². The van der Waals surface area contributed by atoms with Crippen LogP contribution in [0.15, 0.2) is 0 Å². The van der Waals surface area contributed by atoms with Crippen LogP contribution in [0.1, 0.15) is 6.92 Å². The third kappa shape index (κ3) is 4.91. The van der Waals surface area contributed by atoms with Gasteiger partial charge in [-0.25, -0.2) is 0 Å². The lowest BCUT2D eigenvalue weighted by Crippen LogP contribution is -2.52. The first-order valence-electron chi connectivity index (χ1n) is 5.72. The highest BCUT2D eigenvalue weighted by Gasteiger charge is 2.28. The third-order valence-corrected chi connectivity index (χ3v) is 3.38. The predicted octanol–water partition coefficient (Wildman–Crippen LogP) is 0.660. The van der Waals surface area contributed by atoms with Crippen molar-refractivity contribution < 1.29 is 19.0 Å². The van der Waals surface area contributed by atoms with Crippen LogP contribution >= 0.6 is 15.9 Å². The second kappa shape index (κ2) is 8.02. The summed E-state index contributed by atoms with van der Waals surface area (Å²) in [6, 6.07) is 0.115. The molecule has 0 aromatic rings. The summed E-state index contributed by atoms with van der Waals surface area (Å²) in [6.45, 7) is 4.26. The first-order valence-corrected chi connectivity index (χ1v) is 6.85. The Kier molecular flexibility index (Phi) is 7.03. The van der Waals surface area contributed by atoms with E-state index in [1.165, 1.54) is 0 Å². The van der Waals surface area contributed by atoms with Gasteiger partial charge in [-0.05, 0) is 6.92 Å². The van der Waals surface area contributed by atoms with Crippen molar-refractivity contribution in [2.24, 2.45) is 0 Å². The van der Waals surface area contributed by atoms with E-state index in [0.29, 0.717) is 26.4 Å². The normalized spacial score (nSPS) is 25.0. The number of alkyl halides is 1. The maximum atomic E-state index is 11.9. The number of rotatable bonds is 6.